The Hall–Kier alpha value is -2.31. The summed E-state index contributed by atoms with van der Waals surface area (Å²) in [6.45, 7) is 5.74. The summed E-state index contributed by atoms with van der Waals surface area (Å²) in [5.74, 6) is -0.905. The van der Waals surface area contributed by atoms with Crippen LogP contribution in [0.15, 0.2) is 24.4 Å². The van der Waals surface area contributed by atoms with Crippen molar-refractivity contribution in [3.05, 3.63) is 47.0 Å². The number of alkyl halides is 2. The lowest BCUT2D eigenvalue weighted by molar-refractivity contribution is 0.0925. The summed E-state index contributed by atoms with van der Waals surface area (Å²) in [5.41, 5.74) is -0.0293. The number of anilines is 1. The summed E-state index contributed by atoms with van der Waals surface area (Å²) in [6, 6.07) is 4.22. The molecule has 0 bridgehead atoms. The average molecular weight is 351 g/mol. The van der Waals surface area contributed by atoms with Crippen LogP contribution in [0, 0.1) is 11.7 Å². The molecule has 1 aromatic carbocycles. The highest BCUT2D eigenvalue weighted by molar-refractivity contribution is 6.08. The minimum absolute atomic E-state index is 0.0254. The molecule has 1 aliphatic heterocycles. The van der Waals surface area contributed by atoms with Gasteiger partial charge in [0, 0.05) is 24.5 Å². The molecule has 0 fully saturated rings. The van der Waals surface area contributed by atoms with Gasteiger partial charge in [0.1, 0.15) is 11.5 Å². The van der Waals surface area contributed by atoms with E-state index >= 15 is 0 Å². The SMILES string of the molecule is CC1Cc2cc(F)ccc2N(C(=O)c2cn(C)nc2C(F)F)C1(C)C. The van der Waals surface area contributed by atoms with Gasteiger partial charge >= 0.3 is 0 Å². The molecule has 0 aliphatic carbocycles. The van der Waals surface area contributed by atoms with E-state index in [1.54, 1.807) is 0 Å². The van der Waals surface area contributed by atoms with Crippen LogP contribution < -0.4 is 4.90 Å². The van der Waals surface area contributed by atoms with Gasteiger partial charge in [0.05, 0.1) is 5.56 Å². The fourth-order valence-electron chi connectivity index (χ4n) is 3.37. The van der Waals surface area contributed by atoms with Crippen LogP contribution in [-0.4, -0.2) is 21.2 Å². The quantitative estimate of drug-likeness (QED) is 0.816. The van der Waals surface area contributed by atoms with Crippen LogP contribution in [0.5, 0.6) is 0 Å². The monoisotopic (exact) mass is 351 g/mol. The van der Waals surface area contributed by atoms with Crippen LogP contribution in [0.1, 0.15) is 48.8 Å². The summed E-state index contributed by atoms with van der Waals surface area (Å²) in [6.07, 6.45) is -0.931. The van der Waals surface area contributed by atoms with Crippen molar-refractivity contribution in [2.24, 2.45) is 13.0 Å². The van der Waals surface area contributed by atoms with E-state index in [9.17, 15) is 18.0 Å². The van der Waals surface area contributed by atoms with Gasteiger partial charge < -0.3 is 4.90 Å². The van der Waals surface area contributed by atoms with E-state index in [1.807, 2.05) is 20.8 Å². The second-order valence-electron chi connectivity index (χ2n) is 7.07. The zero-order valence-electron chi connectivity index (χ0n) is 14.6. The predicted molar refractivity (Wildman–Crippen MR) is 88.3 cm³/mol. The van der Waals surface area contributed by atoms with Crippen LogP contribution in [0.2, 0.25) is 0 Å². The van der Waals surface area contributed by atoms with Crippen molar-refractivity contribution >= 4 is 11.6 Å². The number of benzene rings is 1. The maximum atomic E-state index is 13.6. The molecule has 4 nitrogen and oxygen atoms in total. The molecule has 1 unspecified atom stereocenters. The number of aromatic nitrogens is 2. The number of carbonyl (C=O) groups excluding carboxylic acids is 1. The summed E-state index contributed by atoms with van der Waals surface area (Å²) in [7, 11) is 1.50. The first-order valence-electron chi connectivity index (χ1n) is 8.07. The molecule has 0 saturated carbocycles. The second-order valence-corrected chi connectivity index (χ2v) is 7.07. The van der Waals surface area contributed by atoms with Crippen LogP contribution in [0.25, 0.3) is 0 Å². The Bertz CT molecular complexity index is 829. The number of nitrogens with zero attached hydrogens (tertiary/aromatic N) is 3. The number of aryl methyl sites for hydroxylation is 1. The van der Waals surface area contributed by atoms with Crippen LogP contribution in [0.4, 0.5) is 18.9 Å². The molecule has 1 aliphatic rings. The second kappa shape index (κ2) is 5.89. The first-order valence-corrected chi connectivity index (χ1v) is 8.07. The average Bonchev–Trinajstić information content (AvgIpc) is 2.90. The highest BCUT2D eigenvalue weighted by Crippen LogP contribution is 2.42. The lowest BCUT2D eigenvalue weighted by atomic mass is 9.77. The highest BCUT2D eigenvalue weighted by atomic mass is 19.3. The number of halogens is 3. The third-order valence-electron chi connectivity index (χ3n) is 5.09. The Morgan fingerprint density at radius 3 is 2.68 bits per heavy atom. The van der Waals surface area contributed by atoms with Crippen LogP contribution in [-0.2, 0) is 13.5 Å². The van der Waals surface area contributed by atoms with Crippen LogP contribution in [0.3, 0.4) is 0 Å². The molecular formula is C18H20F3N3O. The van der Waals surface area contributed by atoms with Crippen molar-refractivity contribution in [2.75, 3.05) is 4.90 Å². The van der Waals surface area contributed by atoms with Crippen molar-refractivity contribution in [3.63, 3.8) is 0 Å². The van der Waals surface area contributed by atoms with E-state index in [4.69, 9.17) is 0 Å². The fourth-order valence-corrected chi connectivity index (χ4v) is 3.37. The van der Waals surface area contributed by atoms with Crippen molar-refractivity contribution in [2.45, 2.75) is 39.2 Å². The van der Waals surface area contributed by atoms with Gasteiger partial charge in [-0.3, -0.25) is 9.48 Å². The van der Waals surface area contributed by atoms with Gasteiger partial charge in [-0.1, -0.05) is 6.92 Å². The Kier molecular flexibility index (Phi) is 4.13. The van der Waals surface area contributed by atoms with Crippen LogP contribution >= 0.6 is 0 Å². The first-order chi connectivity index (χ1) is 11.6. The zero-order chi connectivity index (χ0) is 18.5. The summed E-state index contributed by atoms with van der Waals surface area (Å²) in [4.78, 5) is 14.7. The number of hydrogen-bond donors (Lipinski definition) is 0. The maximum absolute atomic E-state index is 13.6. The third-order valence-corrected chi connectivity index (χ3v) is 5.09. The number of hydrogen-bond acceptors (Lipinski definition) is 2. The van der Waals surface area contributed by atoms with Gasteiger partial charge in [-0.15, -0.1) is 0 Å². The van der Waals surface area contributed by atoms with Gasteiger partial charge in [0.2, 0.25) is 0 Å². The smallest absolute Gasteiger partial charge is 0.282 e. The molecule has 2 heterocycles. The topological polar surface area (TPSA) is 38.1 Å². The van der Waals surface area contributed by atoms with Gasteiger partial charge in [-0.25, -0.2) is 13.2 Å². The molecule has 2 aromatic rings. The number of amides is 1. The molecule has 25 heavy (non-hydrogen) atoms. The molecule has 0 radical (unpaired) electrons. The lowest BCUT2D eigenvalue weighted by Crippen LogP contribution is -2.55. The van der Waals surface area contributed by atoms with Crippen molar-refractivity contribution in [1.82, 2.24) is 9.78 Å². The van der Waals surface area contributed by atoms with Crippen molar-refractivity contribution in [3.8, 4) is 0 Å². The Balaban J connectivity index is 2.16. The molecule has 134 valence electrons. The molecule has 0 spiro atoms. The first kappa shape index (κ1) is 17.5. The molecule has 3 rings (SSSR count). The Labute approximate surface area is 144 Å². The number of carbonyl (C=O) groups is 1. The van der Waals surface area contributed by atoms with Crippen molar-refractivity contribution in [1.29, 1.82) is 0 Å². The fraction of sp³-hybridized carbons (Fsp3) is 0.444. The summed E-state index contributed by atoms with van der Waals surface area (Å²) in [5, 5.41) is 3.72. The molecule has 1 amide bonds. The van der Waals surface area contributed by atoms with E-state index in [0.717, 1.165) is 0 Å². The number of fused-ring (bicyclic) bond motifs is 1. The van der Waals surface area contributed by atoms with Gasteiger partial charge in [-0.05, 0) is 49.9 Å². The molecule has 1 aromatic heterocycles. The molecular weight excluding hydrogens is 331 g/mol. The third kappa shape index (κ3) is 2.81. The van der Waals surface area contributed by atoms with E-state index < -0.39 is 23.6 Å². The summed E-state index contributed by atoms with van der Waals surface area (Å²) >= 11 is 0. The highest BCUT2D eigenvalue weighted by Gasteiger charge is 2.43. The van der Waals surface area contributed by atoms with E-state index in [0.29, 0.717) is 17.7 Å². The normalized spacial score (nSPS) is 19.2. The Morgan fingerprint density at radius 1 is 1.36 bits per heavy atom. The minimum atomic E-state index is -2.85. The van der Waals surface area contributed by atoms with E-state index in [2.05, 4.69) is 5.10 Å². The zero-order valence-corrected chi connectivity index (χ0v) is 14.6. The van der Waals surface area contributed by atoms with Gasteiger partial charge in [0.25, 0.3) is 12.3 Å². The Morgan fingerprint density at radius 2 is 2.04 bits per heavy atom. The number of rotatable bonds is 2. The van der Waals surface area contributed by atoms with E-state index in [1.165, 1.54) is 41.0 Å². The van der Waals surface area contributed by atoms with Gasteiger partial charge in [0.15, 0.2) is 0 Å². The summed E-state index contributed by atoms with van der Waals surface area (Å²) < 4.78 is 41.4. The maximum Gasteiger partial charge on any atom is 0.282 e. The standard InChI is InChI=1S/C18H20F3N3O/c1-10-7-11-8-12(19)5-6-14(11)24(18(10,2)3)17(25)13-9-23(4)22-15(13)16(20)21/h5-6,8-10,16H,7H2,1-4H3. The molecule has 0 saturated heterocycles. The van der Waals surface area contributed by atoms with E-state index in [-0.39, 0.29) is 17.3 Å². The minimum Gasteiger partial charge on any atom is -0.302 e. The lowest BCUT2D eigenvalue weighted by Gasteiger charge is -2.47. The largest absolute Gasteiger partial charge is 0.302 e. The predicted octanol–water partition coefficient (Wildman–Crippen LogP) is 4.11. The van der Waals surface area contributed by atoms with Gasteiger partial charge in [-0.2, -0.15) is 5.10 Å². The van der Waals surface area contributed by atoms with Crippen molar-refractivity contribution < 1.29 is 18.0 Å². The molecule has 1 atom stereocenters. The molecule has 7 heteroatoms. The molecule has 0 N–H and O–H groups in total.